The Balaban J connectivity index is 2.01. The van der Waals surface area contributed by atoms with Crippen LogP contribution in [0.15, 0.2) is 48.6 Å². The predicted octanol–water partition coefficient (Wildman–Crippen LogP) is 5.72. The van der Waals surface area contributed by atoms with Crippen molar-refractivity contribution in [1.82, 2.24) is 5.32 Å². The summed E-state index contributed by atoms with van der Waals surface area (Å²) in [6, 6.07) is 5.67. The molecule has 1 aromatic rings. The van der Waals surface area contributed by atoms with Crippen molar-refractivity contribution < 1.29 is 18.0 Å². The van der Waals surface area contributed by atoms with Gasteiger partial charge in [-0.05, 0) is 41.7 Å². The highest BCUT2D eigenvalue weighted by atomic mass is 19.4. The van der Waals surface area contributed by atoms with Gasteiger partial charge in [0.15, 0.2) is 0 Å². The van der Waals surface area contributed by atoms with Gasteiger partial charge >= 0.3 is 6.18 Å². The fourth-order valence-corrected chi connectivity index (χ4v) is 3.35. The molecule has 1 fully saturated rings. The lowest BCUT2D eigenvalue weighted by atomic mass is 10.0. The Labute approximate surface area is 159 Å². The number of allylic oxidation sites excluding steroid dienone is 3. The second kappa shape index (κ2) is 7.91. The fraction of sp³-hybridized carbons (Fsp3) is 0.500. The van der Waals surface area contributed by atoms with Gasteiger partial charge in [0.05, 0.1) is 5.56 Å². The Morgan fingerprint density at radius 2 is 1.85 bits per heavy atom. The molecule has 1 aromatic carbocycles. The summed E-state index contributed by atoms with van der Waals surface area (Å²) in [5, 5.41) is 2.89. The van der Waals surface area contributed by atoms with Crippen LogP contribution in [-0.2, 0) is 11.0 Å². The van der Waals surface area contributed by atoms with E-state index < -0.39 is 11.7 Å². The molecule has 3 atom stereocenters. The first-order chi connectivity index (χ1) is 12.4. The van der Waals surface area contributed by atoms with E-state index in [1.54, 1.807) is 18.2 Å². The largest absolute Gasteiger partial charge is 0.416 e. The predicted molar refractivity (Wildman–Crippen MR) is 102 cm³/mol. The Bertz CT molecular complexity index is 731. The number of rotatable bonds is 6. The molecule has 1 saturated carbocycles. The number of amides is 1. The van der Waals surface area contributed by atoms with Gasteiger partial charge in [-0.1, -0.05) is 64.1 Å². The Morgan fingerprint density at radius 3 is 2.44 bits per heavy atom. The van der Waals surface area contributed by atoms with Crippen LogP contribution in [-0.4, -0.2) is 11.9 Å². The number of carbonyl (C=O) groups is 1. The average molecular weight is 379 g/mol. The van der Waals surface area contributed by atoms with Gasteiger partial charge in [-0.15, -0.1) is 0 Å². The number of nitrogens with one attached hydrogen (secondary N) is 1. The van der Waals surface area contributed by atoms with E-state index in [1.807, 2.05) is 40.7 Å². The molecule has 0 aromatic heterocycles. The Morgan fingerprint density at radius 1 is 1.19 bits per heavy atom. The fourth-order valence-electron chi connectivity index (χ4n) is 3.35. The van der Waals surface area contributed by atoms with Crippen molar-refractivity contribution >= 4 is 5.91 Å². The van der Waals surface area contributed by atoms with Crippen molar-refractivity contribution in [3.05, 3.63) is 59.7 Å². The van der Waals surface area contributed by atoms with E-state index in [9.17, 15) is 18.0 Å². The van der Waals surface area contributed by atoms with Crippen LogP contribution in [0.25, 0.3) is 0 Å². The number of hydrogen-bond acceptors (Lipinski definition) is 1. The second-order valence-corrected chi connectivity index (χ2v) is 8.23. The van der Waals surface area contributed by atoms with Crippen molar-refractivity contribution in [3.8, 4) is 0 Å². The standard InChI is InChI=1S/C22H28F3NO/c1-14(2)15(3)26-19(27)12-7-6-11-18-20(21(18,4)5)16-9-8-10-17(13-16)22(23,24)25/h6-15,18,20H,1-5H3,(H,26,27). The molecule has 0 spiro atoms. The summed E-state index contributed by atoms with van der Waals surface area (Å²) in [5.41, 5.74) is -0.0126. The molecule has 1 aliphatic carbocycles. The summed E-state index contributed by atoms with van der Waals surface area (Å²) in [7, 11) is 0. The molecule has 27 heavy (non-hydrogen) atoms. The maximum Gasteiger partial charge on any atom is 0.416 e. The first-order valence-electron chi connectivity index (χ1n) is 9.27. The smallest absolute Gasteiger partial charge is 0.350 e. The molecule has 1 N–H and O–H groups in total. The van der Waals surface area contributed by atoms with Gasteiger partial charge in [-0.2, -0.15) is 13.2 Å². The highest BCUT2D eigenvalue weighted by molar-refractivity contribution is 5.87. The van der Waals surface area contributed by atoms with Crippen LogP contribution >= 0.6 is 0 Å². The zero-order valence-electron chi connectivity index (χ0n) is 16.5. The molecule has 1 aliphatic rings. The third-order valence-electron chi connectivity index (χ3n) is 5.53. The molecule has 0 radical (unpaired) electrons. The number of benzene rings is 1. The summed E-state index contributed by atoms with van der Waals surface area (Å²) in [6.45, 7) is 10.1. The lowest BCUT2D eigenvalue weighted by Crippen LogP contribution is -2.34. The highest BCUT2D eigenvalue weighted by Crippen LogP contribution is 2.65. The normalized spacial score (nSPS) is 23.1. The van der Waals surface area contributed by atoms with Gasteiger partial charge in [0.2, 0.25) is 5.91 Å². The van der Waals surface area contributed by atoms with Crippen LogP contribution in [0.3, 0.4) is 0 Å². The molecule has 5 heteroatoms. The third kappa shape index (κ3) is 5.24. The lowest BCUT2D eigenvalue weighted by molar-refractivity contribution is -0.137. The second-order valence-electron chi connectivity index (χ2n) is 8.23. The van der Waals surface area contributed by atoms with Gasteiger partial charge in [0.1, 0.15) is 0 Å². The topological polar surface area (TPSA) is 29.1 Å². The number of carbonyl (C=O) groups excluding carboxylic acids is 1. The maximum absolute atomic E-state index is 12.9. The van der Waals surface area contributed by atoms with E-state index in [2.05, 4.69) is 5.32 Å². The summed E-state index contributed by atoms with van der Waals surface area (Å²) >= 11 is 0. The molecular weight excluding hydrogens is 351 g/mol. The van der Waals surface area contributed by atoms with Crippen LogP contribution < -0.4 is 5.32 Å². The van der Waals surface area contributed by atoms with Crippen LogP contribution in [0, 0.1) is 17.3 Å². The van der Waals surface area contributed by atoms with Gasteiger partial charge in [-0.25, -0.2) is 0 Å². The van der Waals surface area contributed by atoms with Crippen LogP contribution in [0.1, 0.15) is 51.7 Å². The van der Waals surface area contributed by atoms with Crippen molar-refractivity contribution in [2.75, 3.05) is 0 Å². The monoisotopic (exact) mass is 379 g/mol. The molecule has 1 amide bonds. The van der Waals surface area contributed by atoms with E-state index in [1.165, 1.54) is 18.2 Å². The van der Waals surface area contributed by atoms with Crippen molar-refractivity contribution in [3.63, 3.8) is 0 Å². The van der Waals surface area contributed by atoms with E-state index in [0.29, 0.717) is 11.5 Å². The van der Waals surface area contributed by atoms with Gasteiger partial charge < -0.3 is 5.32 Å². The van der Waals surface area contributed by atoms with Gasteiger partial charge in [0.25, 0.3) is 0 Å². The number of hydrogen-bond donors (Lipinski definition) is 1. The molecule has 0 aliphatic heterocycles. The highest BCUT2D eigenvalue weighted by Gasteiger charge is 2.56. The van der Waals surface area contributed by atoms with E-state index >= 15 is 0 Å². The molecule has 148 valence electrons. The lowest BCUT2D eigenvalue weighted by Gasteiger charge is -2.15. The Hall–Kier alpha value is -2.04. The summed E-state index contributed by atoms with van der Waals surface area (Å²) < 4.78 is 38.8. The van der Waals surface area contributed by atoms with Crippen LogP contribution in [0.5, 0.6) is 0 Å². The minimum atomic E-state index is -4.33. The van der Waals surface area contributed by atoms with Crippen molar-refractivity contribution in [1.29, 1.82) is 0 Å². The average Bonchev–Trinajstić information content (AvgIpc) is 3.11. The summed E-state index contributed by atoms with van der Waals surface area (Å²) in [4.78, 5) is 11.8. The number of alkyl halides is 3. The molecule has 2 rings (SSSR count). The minimum Gasteiger partial charge on any atom is -0.350 e. The van der Waals surface area contributed by atoms with Crippen LogP contribution in [0.2, 0.25) is 0 Å². The molecule has 0 bridgehead atoms. The van der Waals surface area contributed by atoms with E-state index in [0.717, 1.165) is 6.07 Å². The molecular formula is C22H28F3NO. The number of halogens is 3. The zero-order chi connectivity index (χ0) is 20.4. The van der Waals surface area contributed by atoms with Gasteiger partial charge in [-0.3, -0.25) is 4.79 Å². The van der Waals surface area contributed by atoms with E-state index in [4.69, 9.17) is 0 Å². The quantitative estimate of drug-likeness (QED) is 0.497. The van der Waals surface area contributed by atoms with Crippen molar-refractivity contribution in [2.45, 2.75) is 52.8 Å². The molecule has 2 nitrogen and oxygen atoms in total. The SMILES string of the molecule is CC(C)C(C)NC(=O)C=CC=CC1C(c2cccc(C(F)(F)F)c2)C1(C)C. The maximum atomic E-state index is 12.9. The zero-order valence-corrected chi connectivity index (χ0v) is 16.5. The van der Waals surface area contributed by atoms with Crippen LogP contribution in [0.4, 0.5) is 13.2 Å². The van der Waals surface area contributed by atoms with E-state index in [-0.39, 0.29) is 29.2 Å². The molecule has 0 saturated heterocycles. The van der Waals surface area contributed by atoms with Gasteiger partial charge in [0, 0.05) is 12.1 Å². The molecule has 3 unspecified atom stereocenters. The summed E-state index contributed by atoms with van der Waals surface area (Å²) in [6.07, 6.45) is 2.61. The summed E-state index contributed by atoms with van der Waals surface area (Å²) in [5.74, 6) is 0.395. The first-order valence-corrected chi connectivity index (χ1v) is 9.27. The van der Waals surface area contributed by atoms with Crippen molar-refractivity contribution in [2.24, 2.45) is 17.3 Å². The minimum absolute atomic E-state index is 0.0410. The Kier molecular flexibility index (Phi) is 6.23. The third-order valence-corrected chi connectivity index (χ3v) is 5.53. The molecule has 0 heterocycles. The first kappa shape index (κ1) is 21.3.